The Bertz CT molecular complexity index is 3850. The van der Waals surface area contributed by atoms with Gasteiger partial charge in [0, 0.05) is 58.1 Å². The number of fused-ring (bicyclic) bond motifs is 2. The molecule has 456 valence electrons. The van der Waals surface area contributed by atoms with Gasteiger partial charge in [-0.05, 0) is 147 Å². The molecule has 8 aromatic rings. The van der Waals surface area contributed by atoms with Crippen molar-refractivity contribution in [3.05, 3.63) is 200 Å². The second-order valence-electron chi connectivity index (χ2n) is 20.5. The van der Waals surface area contributed by atoms with Crippen molar-refractivity contribution in [2.75, 3.05) is 0 Å². The predicted octanol–water partition coefficient (Wildman–Crippen LogP) is 10.5. The summed E-state index contributed by atoms with van der Waals surface area (Å²) in [4.78, 5) is 47.2. The number of aromatic nitrogens is 8. The zero-order chi connectivity index (χ0) is 63.1. The van der Waals surface area contributed by atoms with Gasteiger partial charge in [-0.15, -0.1) is 0 Å². The molecule has 0 bridgehead atoms. The van der Waals surface area contributed by atoms with Crippen LogP contribution in [0.2, 0.25) is 0 Å². The molecule has 2 amide bonds. The van der Waals surface area contributed by atoms with Crippen LogP contribution in [-0.4, -0.2) is 68.6 Å². The number of alkyl halides is 6. The minimum Gasteiger partial charge on any atom is -0.480 e. The van der Waals surface area contributed by atoms with Crippen LogP contribution in [0.4, 0.5) is 52.7 Å². The first kappa shape index (κ1) is 63.7. The van der Waals surface area contributed by atoms with Gasteiger partial charge in [0.05, 0.1) is 47.5 Å². The molecule has 87 heavy (non-hydrogen) atoms. The summed E-state index contributed by atoms with van der Waals surface area (Å²) >= 11 is 0. The van der Waals surface area contributed by atoms with Crippen LogP contribution in [0.3, 0.4) is 0 Å². The van der Waals surface area contributed by atoms with E-state index in [2.05, 4.69) is 30.6 Å². The molecule has 2 aliphatic rings. The lowest BCUT2D eigenvalue weighted by molar-refractivity contribution is -0.143. The highest BCUT2D eigenvalue weighted by molar-refractivity contribution is 5.95. The third-order valence-electron chi connectivity index (χ3n) is 14.2. The Labute approximate surface area is 486 Å². The smallest absolute Gasteiger partial charge is 0.435 e. The van der Waals surface area contributed by atoms with E-state index in [0.717, 1.165) is 46.1 Å². The Hall–Kier alpha value is -9.34. The van der Waals surface area contributed by atoms with Gasteiger partial charge < -0.3 is 22.3 Å². The van der Waals surface area contributed by atoms with Crippen LogP contribution in [0.15, 0.2) is 97.3 Å². The molecule has 0 aliphatic heterocycles. The van der Waals surface area contributed by atoms with E-state index in [9.17, 15) is 71.9 Å². The zero-order valence-electron chi connectivity index (χ0n) is 45.5. The molecule has 0 saturated carbocycles. The van der Waals surface area contributed by atoms with Gasteiger partial charge in [-0.1, -0.05) is 12.1 Å². The molecule has 7 N–H and O–H groups in total. The summed E-state index contributed by atoms with van der Waals surface area (Å²) < 4.78 is 164. The van der Waals surface area contributed by atoms with E-state index in [1.54, 1.807) is 6.07 Å². The number of carbonyl (C=O) groups is 4. The van der Waals surface area contributed by atoms with Gasteiger partial charge in [0.15, 0.2) is 17.2 Å². The minimum absolute atomic E-state index is 0.0936. The van der Waals surface area contributed by atoms with Gasteiger partial charge in [-0.3, -0.25) is 28.5 Å². The van der Waals surface area contributed by atoms with E-state index in [-0.39, 0.29) is 59.2 Å². The van der Waals surface area contributed by atoms with Gasteiger partial charge in [0.25, 0.3) is 11.8 Å². The Morgan fingerprint density at radius 3 is 1.39 bits per heavy atom. The van der Waals surface area contributed by atoms with Crippen LogP contribution in [-0.2, 0) is 73.6 Å². The Morgan fingerprint density at radius 1 is 0.540 bits per heavy atom. The number of aliphatic carboxylic acids is 1. The number of primary amides is 2. The van der Waals surface area contributed by atoms with Gasteiger partial charge in [0.2, 0.25) is 0 Å². The number of benzene rings is 4. The number of carboxylic acid groups (broad SMARTS) is 1. The molecular weight excluding hydrogens is 1170 g/mol. The molecule has 10 rings (SSSR count). The first-order chi connectivity index (χ1) is 41.1. The van der Waals surface area contributed by atoms with Crippen molar-refractivity contribution >= 4 is 23.6 Å². The van der Waals surface area contributed by atoms with E-state index in [1.807, 2.05) is 0 Å². The number of nitrogens with zero attached hydrogens (tertiary/aromatic N) is 8. The summed E-state index contributed by atoms with van der Waals surface area (Å²) in [7, 11) is 0. The zero-order valence-corrected chi connectivity index (χ0v) is 45.5. The molecule has 0 spiro atoms. The Kier molecular flexibility index (Phi) is 19.7. The summed E-state index contributed by atoms with van der Waals surface area (Å²) in [5, 5.41) is 31.7. The highest BCUT2D eigenvalue weighted by Crippen LogP contribution is 2.39. The average molecular weight is 1220 g/mol. The van der Waals surface area contributed by atoms with E-state index in [1.165, 1.54) is 54.9 Å². The van der Waals surface area contributed by atoms with Crippen molar-refractivity contribution in [3.8, 4) is 22.3 Å². The molecule has 2 atom stereocenters. The topological polar surface area (TPSA) is 254 Å². The van der Waals surface area contributed by atoms with Crippen molar-refractivity contribution in [2.24, 2.45) is 17.2 Å². The van der Waals surface area contributed by atoms with E-state index >= 15 is 0 Å². The number of rotatable bonds is 16. The number of Topliss-reactive ketones (excluding diaryl/α,β-unsaturated/α-hetero) is 1. The van der Waals surface area contributed by atoms with Crippen molar-refractivity contribution in [1.29, 1.82) is 0 Å². The summed E-state index contributed by atoms with van der Waals surface area (Å²) in [6.07, 6.45) is -2.68. The number of carboxylic acids is 1. The van der Waals surface area contributed by atoms with Crippen LogP contribution in [0.5, 0.6) is 0 Å². The van der Waals surface area contributed by atoms with Crippen LogP contribution < -0.4 is 17.2 Å². The molecule has 0 fully saturated rings. The SMILES string of the molecule is NC(=O)c1cc(-c2ccnnc2C(CC(=O)Cn2nc(C(F)(F)F)c3c2CCCC3)Cc2cc(F)cc(F)c2)ccc1F.NC(=O)c1cc(-c2ccnnc2C(N)Cc2cc(F)cc(F)c2)ccc1F.O=C(O)Cn1nc(C(F)(F)F)c2c1CCCC2. The predicted molar refractivity (Wildman–Crippen MR) is 287 cm³/mol. The fourth-order valence-electron chi connectivity index (χ4n) is 10.6. The van der Waals surface area contributed by atoms with Crippen molar-refractivity contribution in [2.45, 2.75) is 108 Å². The van der Waals surface area contributed by atoms with Gasteiger partial charge in [-0.25, -0.2) is 26.3 Å². The number of hydrogen-bond acceptors (Lipinski definition) is 11. The third kappa shape index (κ3) is 15.8. The van der Waals surface area contributed by atoms with Gasteiger partial charge >= 0.3 is 18.3 Å². The molecule has 4 aromatic carbocycles. The number of amides is 2. The molecule has 4 heterocycles. The molecule has 2 aliphatic carbocycles. The summed E-state index contributed by atoms with van der Waals surface area (Å²) in [6.45, 7) is -0.969. The molecule has 16 nitrogen and oxygen atoms in total. The fraction of sp³-hybridized carbons (Fsp3) is 0.288. The number of hydrogen-bond donors (Lipinski definition) is 4. The molecule has 0 saturated heterocycles. The first-order valence-corrected chi connectivity index (χ1v) is 26.7. The third-order valence-corrected chi connectivity index (χ3v) is 14.2. The number of carbonyl (C=O) groups excluding carboxylic acids is 3. The van der Waals surface area contributed by atoms with Crippen LogP contribution in [0.25, 0.3) is 22.3 Å². The lowest BCUT2D eigenvalue weighted by Crippen LogP contribution is -2.20. The maximum Gasteiger partial charge on any atom is 0.435 e. The largest absolute Gasteiger partial charge is 0.480 e. The Balaban J connectivity index is 0.000000189. The van der Waals surface area contributed by atoms with E-state index in [4.69, 9.17) is 22.3 Å². The van der Waals surface area contributed by atoms with E-state index in [0.29, 0.717) is 89.5 Å². The molecular formula is C59H51F12N11O5. The van der Waals surface area contributed by atoms with Gasteiger partial charge in [-0.2, -0.15) is 56.9 Å². The van der Waals surface area contributed by atoms with Crippen molar-refractivity contribution < 1.29 is 77.0 Å². The van der Waals surface area contributed by atoms with E-state index < -0.39 is 107 Å². The first-order valence-electron chi connectivity index (χ1n) is 26.7. The molecule has 28 heteroatoms. The molecule has 4 aromatic heterocycles. The minimum atomic E-state index is -4.67. The summed E-state index contributed by atoms with van der Waals surface area (Å²) in [5.41, 5.74) is 17.9. The highest BCUT2D eigenvalue weighted by Gasteiger charge is 2.41. The fourth-order valence-corrected chi connectivity index (χ4v) is 10.6. The number of nitrogens with two attached hydrogens (primary N) is 3. The maximum absolute atomic E-state index is 14.2. The molecule has 2 unspecified atom stereocenters. The maximum atomic E-state index is 14.2. The quantitative estimate of drug-likeness (QED) is 0.0659. The van der Waals surface area contributed by atoms with Crippen LogP contribution in [0.1, 0.15) is 121 Å². The Morgan fingerprint density at radius 2 is 0.954 bits per heavy atom. The standard InChI is InChI=1S/C30H25F6N5O2.C19H15F3N4O.C10H11F3N2O2/c31-19-10-16(11-20(32)14-19)9-18(27-22(7-8-38-39-27)17-5-6-25(33)24(13-17)29(37)43)12-21(42)15-41-26-4-2-1-3-23(26)28(40-41)30(34,35)36;20-12-5-10(6-13(21)9-12)7-17(23)18-14(3-4-25-26-18)11-1-2-16(22)15(8-11)19(24)27;11-10(12,13)9-6-3-1-2-4-7(6)15(14-9)5-8(16)17/h5-8,10-11,13-14,18H,1-4,9,12,15H2,(H2,37,43);1-6,8-9,17H,7,23H2,(H2,24,27);1-5H2,(H,16,17). The van der Waals surface area contributed by atoms with Crippen LogP contribution in [0, 0.1) is 34.9 Å². The highest BCUT2D eigenvalue weighted by atomic mass is 19.4. The lowest BCUT2D eigenvalue weighted by atomic mass is 9.87. The second kappa shape index (κ2) is 26.9. The van der Waals surface area contributed by atoms with Gasteiger partial charge in [0.1, 0.15) is 41.4 Å². The average Bonchev–Trinajstić information content (AvgIpc) is 2.31. The van der Waals surface area contributed by atoms with Crippen molar-refractivity contribution in [3.63, 3.8) is 0 Å². The summed E-state index contributed by atoms with van der Waals surface area (Å²) in [6, 6.07) is 15.9. The normalized spacial score (nSPS) is 13.7. The van der Waals surface area contributed by atoms with Crippen molar-refractivity contribution in [1.82, 2.24) is 40.0 Å². The summed E-state index contributed by atoms with van der Waals surface area (Å²) in [5.74, 6) is -9.15. The van der Waals surface area contributed by atoms with Crippen LogP contribution >= 0.6 is 0 Å². The number of ketones is 1. The molecule has 0 radical (unpaired) electrons. The second-order valence-corrected chi connectivity index (χ2v) is 20.5. The lowest BCUT2D eigenvalue weighted by Gasteiger charge is -2.20. The monoisotopic (exact) mass is 1220 g/mol. The number of halogens is 12.